The monoisotopic (exact) mass is 820 g/mol. The maximum atomic E-state index is 6.54. The molecule has 1 atom stereocenters. The van der Waals surface area contributed by atoms with Gasteiger partial charge in [0.15, 0.2) is 0 Å². The van der Waals surface area contributed by atoms with E-state index < -0.39 is 21.3 Å². The fraction of sp³-hybridized carbons (Fsp3) is 0.356. The van der Waals surface area contributed by atoms with Gasteiger partial charge in [0.05, 0.1) is 0 Å². The molecule has 0 aromatic heterocycles. The predicted octanol–water partition coefficient (Wildman–Crippen LogP) is 7.45. The molecule has 5 heteroatoms. The van der Waals surface area contributed by atoms with Crippen LogP contribution in [0.4, 0.5) is 0 Å². The zero-order chi connectivity index (χ0) is 34.8. The summed E-state index contributed by atoms with van der Waals surface area (Å²) in [6, 6.07) is 32.1. The molecule has 0 spiro atoms. The van der Waals surface area contributed by atoms with Gasteiger partial charge in [-0.25, -0.2) is 0 Å². The fourth-order valence-electron chi connectivity index (χ4n) is 7.37. The van der Waals surface area contributed by atoms with E-state index in [0.29, 0.717) is 9.54 Å². The van der Waals surface area contributed by atoms with Crippen molar-refractivity contribution in [2.24, 2.45) is 11.3 Å². The standard InChI is InChI=1S/C21H25.C13H8Cl2.C11H17.2ClH.Zr/c1-20(2,3)16-9-7-14-11-15-8-10-17(21(4,5)6)13-19(15)18(14)12-16;14-12-5-1-10(2-6-12)9-11-3-7-13(15)8-4-11;1-5-9-6-7-10(8-9)11(2,3)4;;;/h7-13H,1-6H3;1-8H;7-9H,5H2,1-4H3;2*1H;/q;;;;;+2/p-2. The van der Waals surface area contributed by atoms with Crippen molar-refractivity contribution in [3.8, 4) is 11.1 Å². The van der Waals surface area contributed by atoms with Crippen LogP contribution in [-0.2, 0) is 32.1 Å². The Balaban J connectivity index is 0.00000281. The number of rotatable bonds is 5. The van der Waals surface area contributed by atoms with Gasteiger partial charge in [-0.05, 0) is 0 Å². The van der Waals surface area contributed by atoms with Crippen LogP contribution in [-0.4, -0.2) is 3.21 Å². The molecule has 0 N–H and O–H groups in total. The van der Waals surface area contributed by atoms with Crippen LogP contribution in [0.15, 0.2) is 106 Å². The molecule has 0 nitrogen and oxygen atoms in total. The first-order valence-electron chi connectivity index (χ1n) is 17.5. The molecule has 0 heterocycles. The number of benzene rings is 4. The Hall–Kier alpha value is -1.73. The molecule has 50 heavy (non-hydrogen) atoms. The van der Waals surface area contributed by atoms with E-state index in [1.54, 1.807) is 3.28 Å². The molecule has 0 saturated heterocycles. The number of hydrogen-bond acceptors (Lipinski definition) is 0. The van der Waals surface area contributed by atoms with Crippen molar-refractivity contribution < 1.29 is 46.1 Å². The number of halogens is 4. The first-order valence-corrected chi connectivity index (χ1v) is 22.1. The van der Waals surface area contributed by atoms with Crippen molar-refractivity contribution in [1.82, 2.24) is 0 Å². The van der Waals surface area contributed by atoms with Gasteiger partial charge < -0.3 is 24.8 Å². The summed E-state index contributed by atoms with van der Waals surface area (Å²) in [6.07, 6.45) is 6.33. The van der Waals surface area contributed by atoms with E-state index in [4.69, 9.17) is 23.2 Å². The van der Waals surface area contributed by atoms with E-state index in [0.717, 1.165) is 16.5 Å². The molecule has 0 amide bonds. The van der Waals surface area contributed by atoms with Gasteiger partial charge in [0.25, 0.3) is 0 Å². The minimum absolute atomic E-state index is 0. The third-order valence-corrected chi connectivity index (χ3v) is 19.3. The molecule has 4 aromatic rings. The van der Waals surface area contributed by atoms with E-state index in [1.165, 1.54) is 53.3 Å². The van der Waals surface area contributed by atoms with E-state index >= 15 is 0 Å². The van der Waals surface area contributed by atoms with E-state index in [9.17, 15) is 0 Å². The summed E-state index contributed by atoms with van der Waals surface area (Å²) >= 11 is 10.1. The number of allylic oxidation sites excluding steroid dienone is 4. The van der Waals surface area contributed by atoms with E-state index in [2.05, 4.69) is 166 Å². The Kier molecular flexibility index (Phi) is 12.6. The normalized spacial score (nSPS) is 15.5. The van der Waals surface area contributed by atoms with Crippen molar-refractivity contribution >= 4 is 26.4 Å². The minimum Gasteiger partial charge on any atom is -1.00 e. The number of fused-ring (bicyclic) bond motifs is 3. The average molecular weight is 824 g/mol. The Morgan fingerprint density at radius 3 is 1.38 bits per heavy atom. The van der Waals surface area contributed by atoms with Gasteiger partial charge in [-0.1, -0.05) is 0 Å². The Bertz CT molecular complexity index is 1850. The zero-order valence-electron chi connectivity index (χ0n) is 31.1. The summed E-state index contributed by atoms with van der Waals surface area (Å²) in [6.45, 7) is 23.4. The van der Waals surface area contributed by atoms with Crippen LogP contribution in [0.2, 0.25) is 10.0 Å². The van der Waals surface area contributed by atoms with Gasteiger partial charge in [0.2, 0.25) is 0 Å². The van der Waals surface area contributed by atoms with Crippen molar-refractivity contribution in [2.75, 3.05) is 0 Å². The van der Waals surface area contributed by atoms with E-state index in [1.807, 2.05) is 0 Å². The van der Waals surface area contributed by atoms with Crippen LogP contribution in [0, 0.1) is 11.3 Å². The second kappa shape index (κ2) is 15.3. The van der Waals surface area contributed by atoms with Crippen LogP contribution >= 0.6 is 23.2 Å². The first-order chi connectivity index (χ1) is 22.5. The van der Waals surface area contributed by atoms with E-state index in [-0.39, 0.29) is 41.1 Å². The molecule has 4 aromatic carbocycles. The minimum atomic E-state index is -2.97. The molecule has 6 rings (SSSR count). The van der Waals surface area contributed by atoms with Crippen LogP contribution < -0.4 is 24.8 Å². The maximum absolute atomic E-state index is 6.54. The van der Waals surface area contributed by atoms with Crippen LogP contribution in [0.1, 0.15) is 113 Å². The molecule has 0 bridgehead atoms. The van der Waals surface area contributed by atoms with Crippen molar-refractivity contribution in [3.63, 3.8) is 0 Å². The Morgan fingerprint density at radius 2 is 1.02 bits per heavy atom. The molecule has 2 aliphatic carbocycles. The maximum Gasteiger partial charge on any atom is -1.00 e. The molecule has 0 aliphatic heterocycles. The summed E-state index contributed by atoms with van der Waals surface area (Å²) in [7, 11) is 0. The van der Waals surface area contributed by atoms with Crippen molar-refractivity contribution in [3.05, 3.63) is 149 Å². The van der Waals surface area contributed by atoms with Gasteiger partial charge in [0.1, 0.15) is 0 Å². The second-order valence-corrected chi connectivity index (χ2v) is 23.8. The van der Waals surface area contributed by atoms with Gasteiger partial charge >= 0.3 is 310 Å². The molecule has 0 saturated carbocycles. The molecule has 0 fully saturated rings. The Morgan fingerprint density at radius 1 is 0.600 bits per heavy atom. The summed E-state index contributed by atoms with van der Waals surface area (Å²) < 4.78 is 3.53. The van der Waals surface area contributed by atoms with Crippen LogP contribution in [0.3, 0.4) is 0 Å². The summed E-state index contributed by atoms with van der Waals surface area (Å²) in [5.41, 5.74) is 12.9. The first kappa shape index (κ1) is 41.0. The molecule has 0 radical (unpaired) electrons. The molecule has 1 unspecified atom stereocenters. The molecular formula is C45H50Cl4Zr. The SMILES string of the molecule is CCC1C=C(C(C)(C)C)C=[C]1[Zr+2](=[C](c1ccc(Cl)cc1)c1ccc(Cl)cc1)[CH]1c2ccc(C(C)(C)C)cc2-c2cc(C(C)(C)C)ccc21.[Cl-].[Cl-]. The van der Waals surface area contributed by atoms with Crippen LogP contribution in [0.25, 0.3) is 11.1 Å². The third-order valence-electron chi connectivity index (χ3n) is 10.3. The van der Waals surface area contributed by atoms with Gasteiger partial charge in [-0.15, -0.1) is 0 Å². The smallest absolute Gasteiger partial charge is 1.00 e. The zero-order valence-corrected chi connectivity index (χ0v) is 36.6. The predicted molar refractivity (Wildman–Crippen MR) is 207 cm³/mol. The fourth-order valence-corrected chi connectivity index (χ4v) is 17.4. The van der Waals surface area contributed by atoms with Crippen molar-refractivity contribution in [1.29, 1.82) is 0 Å². The van der Waals surface area contributed by atoms with Crippen LogP contribution in [0.5, 0.6) is 0 Å². The average Bonchev–Trinajstić information content (AvgIpc) is 3.59. The second-order valence-electron chi connectivity index (χ2n) is 16.8. The topological polar surface area (TPSA) is 0 Å². The molecule has 262 valence electrons. The quantitative estimate of drug-likeness (QED) is 0.197. The summed E-state index contributed by atoms with van der Waals surface area (Å²) in [5, 5.41) is 1.53. The molecule has 2 aliphatic rings. The summed E-state index contributed by atoms with van der Waals surface area (Å²) in [4.78, 5) is 0. The Labute approximate surface area is 331 Å². The third kappa shape index (κ3) is 8.09. The van der Waals surface area contributed by atoms with Gasteiger partial charge in [0, 0.05) is 0 Å². The van der Waals surface area contributed by atoms with Gasteiger partial charge in [-0.2, -0.15) is 0 Å². The molecular weight excluding hydrogens is 774 g/mol. The summed E-state index contributed by atoms with van der Waals surface area (Å²) in [5.74, 6) is 0.429. The van der Waals surface area contributed by atoms with Crippen molar-refractivity contribution in [2.45, 2.75) is 90.1 Å². The number of hydrogen-bond donors (Lipinski definition) is 0. The van der Waals surface area contributed by atoms with Gasteiger partial charge in [-0.3, -0.25) is 0 Å². The largest absolute Gasteiger partial charge is 1.00 e.